The molecular formula is C12H18N2O. The van der Waals surface area contributed by atoms with Crippen molar-refractivity contribution in [1.29, 1.82) is 0 Å². The Kier molecular flexibility index (Phi) is 2.28. The maximum atomic E-state index is 9.58. The monoisotopic (exact) mass is 206 g/mol. The summed E-state index contributed by atoms with van der Waals surface area (Å²) in [7, 11) is 0. The number of aromatic nitrogens is 2. The lowest BCUT2D eigenvalue weighted by atomic mass is 10.0. The van der Waals surface area contributed by atoms with E-state index in [1.807, 2.05) is 6.20 Å². The molecule has 1 N–H and O–H groups in total. The fourth-order valence-corrected chi connectivity index (χ4v) is 2.99. The zero-order chi connectivity index (χ0) is 10.3. The van der Waals surface area contributed by atoms with Gasteiger partial charge in [-0.2, -0.15) is 0 Å². The van der Waals surface area contributed by atoms with E-state index < -0.39 is 0 Å². The van der Waals surface area contributed by atoms with Gasteiger partial charge in [0.2, 0.25) is 0 Å². The van der Waals surface area contributed by atoms with E-state index in [0.717, 1.165) is 31.1 Å². The van der Waals surface area contributed by atoms with Crippen molar-refractivity contribution in [3.63, 3.8) is 0 Å². The highest BCUT2D eigenvalue weighted by Gasteiger charge is 2.25. The number of fused-ring (bicyclic) bond motifs is 1. The third kappa shape index (κ3) is 1.59. The molecule has 3 rings (SSSR count). The molecule has 0 radical (unpaired) electrons. The Morgan fingerprint density at radius 1 is 1.27 bits per heavy atom. The molecule has 1 aromatic heterocycles. The SMILES string of the molecule is OC1CCn2c(C3CCCC3)cnc2C1. The van der Waals surface area contributed by atoms with Gasteiger partial charge in [0.1, 0.15) is 5.82 Å². The Bertz CT molecular complexity index is 353. The summed E-state index contributed by atoms with van der Waals surface area (Å²) in [6.45, 7) is 0.961. The van der Waals surface area contributed by atoms with E-state index in [-0.39, 0.29) is 6.10 Å². The standard InChI is InChI=1S/C12H18N2O/c15-10-5-6-14-11(8-13-12(14)7-10)9-3-1-2-4-9/h8-10,15H,1-7H2. The fraction of sp³-hybridized carbons (Fsp3) is 0.750. The predicted octanol–water partition coefficient (Wildman–Crippen LogP) is 1.85. The van der Waals surface area contributed by atoms with Gasteiger partial charge in [-0.1, -0.05) is 12.8 Å². The van der Waals surface area contributed by atoms with Gasteiger partial charge in [-0.3, -0.25) is 0 Å². The molecule has 1 saturated carbocycles. The Balaban J connectivity index is 1.90. The molecule has 1 aliphatic carbocycles. The molecule has 15 heavy (non-hydrogen) atoms. The number of imidazole rings is 1. The molecule has 1 aliphatic heterocycles. The number of aliphatic hydroxyl groups excluding tert-OH is 1. The summed E-state index contributed by atoms with van der Waals surface area (Å²) in [5.41, 5.74) is 1.43. The number of hydrogen-bond acceptors (Lipinski definition) is 2. The van der Waals surface area contributed by atoms with Crippen LogP contribution in [0.15, 0.2) is 6.20 Å². The average Bonchev–Trinajstić information content (AvgIpc) is 2.82. The topological polar surface area (TPSA) is 38.0 Å². The van der Waals surface area contributed by atoms with Crippen molar-refractivity contribution in [2.75, 3.05) is 0 Å². The van der Waals surface area contributed by atoms with E-state index in [1.165, 1.54) is 31.4 Å². The lowest BCUT2D eigenvalue weighted by molar-refractivity contribution is 0.140. The summed E-state index contributed by atoms with van der Waals surface area (Å²) in [6.07, 6.45) is 8.90. The first-order valence-corrected chi connectivity index (χ1v) is 6.07. The second-order valence-corrected chi connectivity index (χ2v) is 4.88. The van der Waals surface area contributed by atoms with Gasteiger partial charge in [0, 0.05) is 30.8 Å². The summed E-state index contributed by atoms with van der Waals surface area (Å²) in [5.74, 6) is 1.83. The van der Waals surface area contributed by atoms with Crippen LogP contribution < -0.4 is 0 Å². The van der Waals surface area contributed by atoms with Crippen LogP contribution in [-0.2, 0) is 13.0 Å². The summed E-state index contributed by atoms with van der Waals surface area (Å²) in [4.78, 5) is 4.45. The third-order valence-electron chi connectivity index (χ3n) is 3.85. The van der Waals surface area contributed by atoms with Gasteiger partial charge in [-0.15, -0.1) is 0 Å². The minimum atomic E-state index is -0.170. The maximum Gasteiger partial charge on any atom is 0.111 e. The van der Waals surface area contributed by atoms with Crippen LogP contribution in [0.2, 0.25) is 0 Å². The van der Waals surface area contributed by atoms with Crippen LogP contribution in [0, 0.1) is 0 Å². The molecule has 2 heterocycles. The highest BCUT2D eigenvalue weighted by molar-refractivity contribution is 5.14. The van der Waals surface area contributed by atoms with Gasteiger partial charge in [0.25, 0.3) is 0 Å². The van der Waals surface area contributed by atoms with Crippen LogP contribution in [0.5, 0.6) is 0 Å². The maximum absolute atomic E-state index is 9.58. The molecule has 1 atom stereocenters. The van der Waals surface area contributed by atoms with E-state index in [0.29, 0.717) is 0 Å². The molecule has 82 valence electrons. The third-order valence-corrected chi connectivity index (χ3v) is 3.85. The van der Waals surface area contributed by atoms with E-state index in [9.17, 15) is 5.11 Å². The van der Waals surface area contributed by atoms with Gasteiger partial charge >= 0.3 is 0 Å². The molecule has 0 spiro atoms. The van der Waals surface area contributed by atoms with Crippen molar-refractivity contribution in [2.45, 2.75) is 57.1 Å². The van der Waals surface area contributed by atoms with Crippen molar-refractivity contribution in [3.8, 4) is 0 Å². The highest BCUT2D eigenvalue weighted by Crippen LogP contribution is 2.35. The van der Waals surface area contributed by atoms with Crippen LogP contribution >= 0.6 is 0 Å². The zero-order valence-electron chi connectivity index (χ0n) is 9.02. The number of aliphatic hydroxyl groups is 1. The fourth-order valence-electron chi connectivity index (χ4n) is 2.99. The van der Waals surface area contributed by atoms with Crippen LogP contribution in [0.1, 0.15) is 49.5 Å². The second-order valence-electron chi connectivity index (χ2n) is 4.88. The summed E-state index contributed by atoms with van der Waals surface area (Å²) >= 11 is 0. The van der Waals surface area contributed by atoms with Gasteiger partial charge < -0.3 is 9.67 Å². The van der Waals surface area contributed by atoms with Crippen LogP contribution in [0.3, 0.4) is 0 Å². The minimum absolute atomic E-state index is 0.170. The average molecular weight is 206 g/mol. The number of rotatable bonds is 1. The molecule has 1 unspecified atom stereocenters. The minimum Gasteiger partial charge on any atom is -0.393 e. The first-order chi connectivity index (χ1) is 7.34. The molecule has 0 amide bonds. The van der Waals surface area contributed by atoms with E-state index in [2.05, 4.69) is 9.55 Å². The van der Waals surface area contributed by atoms with Crippen molar-refractivity contribution in [2.24, 2.45) is 0 Å². The molecule has 1 fully saturated rings. The molecule has 3 nitrogen and oxygen atoms in total. The number of nitrogens with zero attached hydrogens (tertiary/aromatic N) is 2. The summed E-state index contributed by atoms with van der Waals surface area (Å²) in [6, 6.07) is 0. The van der Waals surface area contributed by atoms with Crippen molar-refractivity contribution < 1.29 is 5.11 Å². The van der Waals surface area contributed by atoms with Crippen molar-refractivity contribution in [3.05, 3.63) is 17.7 Å². The summed E-state index contributed by atoms with van der Waals surface area (Å²) < 4.78 is 2.35. The normalized spacial score (nSPS) is 26.9. The van der Waals surface area contributed by atoms with Crippen LogP contribution in [-0.4, -0.2) is 20.8 Å². The molecule has 0 saturated heterocycles. The Morgan fingerprint density at radius 2 is 2.07 bits per heavy atom. The van der Waals surface area contributed by atoms with Crippen molar-refractivity contribution >= 4 is 0 Å². The van der Waals surface area contributed by atoms with E-state index in [4.69, 9.17) is 0 Å². The van der Waals surface area contributed by atoms with Gasteiger partial charge in [-0.05, 0) is 19.3 Å². The predicted molar refractivity (Wildman–Crippen MR) is 57.8 cm³/mol. The lowest BCUT2D eigenvalue weighted by Crippen LogP contribution is -2.24. The Hall–Kier alpha value is -0.830. The first kappa shape index (κ1) is 9.40. The van der Waals surface area contributed by atoms with E-state index >= 15 is 0 Å². The van der Waals surface area contributed by atoms with Crippen LogP contribution in [0.4, 0.5) is 0 Å². The van der Waals surface area contributed by atoms with Crippen molar-refractivity contribution in [1.82, 2.24) is 9.55 Å². The largest absolute Gasteiger partial charge is 0.393 e. The molecule has 2 aliphatic rings. The Morgan fingerprint density at radius 3 is 2.87 bits per heavy atom. The van der Waals surface area contributed by atoms with Gasteiger partial charge in [0.15, 0.2) is 0 Å². The van der Waals surface area contributed by atoms with Gasteiger partial charge in [-0.25, -0.2) is 4.98 Å². The Labute approximate surface area is 90.1 Å². The smallest absolute Gasteiger partial charge is 0.111 e. The highest BCUT2D eigenvalue weighted by atomic mass is 16.3. The molecule has 3 heteroatoms. The first-order valence-electron chi connectivity index (χ1n) is 6.07. The molecule has 1 aromatic rings. The quantitative estimate of drug-likeness (QED) is 0.761. The van der Waals surface area contributed by atoms with Crippen LogP contribution in [0.25, 0.3) is 0 Å². The molecule has 0 aromatic carbocycles. The molecular weight excluding hydrogens is 188 g/mol. The van der Waals surface area contributed by atoms with Gasteiger partial charge in [0.05, 0.1) is 6.10 Å². The summed E-state index contributed by atoms with van der Waals surface area (Å²) in [5, 5.41) is 9.58. The molecule has 0 bridgehead atoms. The number of hydrogen-bond donors (Lipinski definition) is 1. The zero-order valence-corrected chi connectivity index (χ0v) is 9.02. The van der Waals surface area contributed by atoms with E-state index in [1.54, 1.807) is 0 Å². The lowest BCUT2D eigenvalue weighted by Gasteiger charge is -2.22. The second kappa shape index (κ2) is 3.63.